The number of H-pyrrole nitrogens is 1. The van der Waals surface area contributed by atoms with Crippen LogP contribution >= 0.6 is 0 Å². The van der Waals surface area contributed by atoms with Gasteiger partial charge in [0.05, 0.1) is 53.3 Å². The van der Waals surface area contributed by atoms with E-state index in [0.717, 1.165) is 38.6 Å². The Morgan fingerprint density at radius 1 is 0.966 bits per heavy atom. The second-order valence-electron chi connectivity index (χ2n) is 6.67. The average Bonchev–Trinajstić information content (AvgIpc) is 3.39. The molecule has 0 aromatic carbocycles. The topological polar surface area (TPSA) is 77.7 Å². The summed E-state index contributed by atoms with van der Waals surface area (Å²) in [7, 11) is 2.01. The van der Waals surface area contributed by atoms with Gasteiger partial charge < -0.3 is 28.8 Å². The fourth-order valence-electron chi connectivity index (χ4n) is 2.70. The van der Waals surface area contributed by atoms with Crippen molar-refractivity contribution in [3.8, 4) is 0 Å². The van der Waals surface area contributed by atoms with E-state index in [4.69, 9.17) is 18.9 Å². The lowest BCUT2D eigenvalue weighted by molar-refractivity contribution is -0.671. The number of nitrogens with zero attached hydrogens (tertiary/aromatic N) is 4. The summed E-state index contributed by atoms with van der Waals surface area (Å²) in [5.41, 5.74) is 0. The Morgan fingerprint density at radius 2 is 1.62 bits per heavy atom. The van der Waals surface area contributed by atoms with Crippen LogP contribution in [0.15, 0.2) is 31.1 Å². The third-order valence-corrected chi connectivity index (χ3v) is 4.20. The molecule has 2 aromatic rings. The van der Waals surface area contributed by atoms with Crippen LogP contribution in [0, 0.1) is 0 Å². The molecule has 0 atom stereocenters. The van der Waals surface area contributed by atoms with Crippen LogP contribution in [0.5, 0.6) is 0 Å². The van der Waals surface area contributed by atoms with Crippen molar-refractivity contribution in [2.24, 2.45) is 7.05 Å². The van der Waals surface area contributed by atoms with E-state index in [1.807, 2.05) is 36.5 Å². The summed E-state index contributed by atoms with van der Waals surface area (Å²) >= 11 is 0. The van der Waals surface area contributed by atoms with Crippen LogP contribution in [0.25, 0.3) is 0 Å². The zero-order chi connectivity index (χ0) is 20.6. The van der Waals surface area contributed by atoms with Gasteiger partial charge in [-0.1, -0.05) is 6.92 Å². The predicted octanol–water partition coefficient (Wildman–Crippen LogP) is 1.02. The lowest BCUT2D eigenvalue weighted by Crippen LogP contribution is -2.32. The lowest BCUT2D eigenvalue weighted by atomic mass is 10.5. The molecule has 0 radical (unpaired) electrons. The molecule has 9 heteroatoms. The molecule has 29 heavy (non-hydrogen) atoms. The molecule has 0 aliphatic heterocycles. The maximum Gasteiger partial charge on any atom is 0.243 e. The molecule has 1 N–H and O–H groups in total. The molecule has 9 nitrogen and oxygen atoms in total. The smallest absolute Gasteiger partial charge is 0.243 e. The maximum absolute atomic E-state index is 5.71. The summed E-state index contributed by atoms with van der Waals surface area (Å²) < 4.78 is 26.5. The van der Waals surface area contributed by atoms with Crippen LogP contribution in [0.3, 0.4) is 0 Å². The highest BCUT2D eigenvalue weighted by Crippen LogP contribution is 2.05. The summed E-state index contributed by atoms with van der Waals surface area (Å²) in [5, 5.41) is 0. The first-order valence-electron chi connectivity index (χ1n) is 10.4. The van der Waals surface area contributed by atoms with E-state index >= 15 is 0 Å². The molecule has 2 aromatic heterocycles. The number of hydrogen-bond donors (Lipinski definition) is 1. The summed E-state index contributed by atoms with van der Waals surface area (Å²) in [6.07, 6.45) is 10.7. The van der Waals surface area contributed by atoms with Gasteiger partial charge in [-0.2, -0.15) is 0 Å². The highest BCUT2D eigenvalue weighted by Gasteiger charge is 2.08. The number of aromatic nitrogens is 4. The Bertz CT molecular complexity index is 620. The summed E-state index contributed by atoms with van der Waals surface area (Å²) in [6, 6.07) is 0. The number of aromatic amines is 1. The highest BCUT2D eigenvalue weighted by atomic mass is 16.5. The quantitative estimate of drug-likeness (QED) is 0.292. The molecule has 0 spiro atoms. The van der Waals surface area contributed by atoms with Crippen molar-refractivity contribution >= 4 is 5.95 Å². The van der Waals surface area contributed by atoms with Crippen molar-refractivity contribution in [2.45, 2.75) is 19.9 Å². The molecule has 0 aliphatic rings. The molecular weight excluding hydrogens is 374 g/mol. The number of aryl methyl sites for hydroxylation is 1. The summed E-state index contributed by atoms with van der Waals surface area (Å²) in [4.78, 5) is 9.60. The molecule has 164 valence electrons. The van der Waals surface area contributed by atoms with Crippen molar-refractivity contribution in [2.75, 3.05) is 70.8 Å². The molecular formula is C20H36N5O4+. The van der Waals surface area contributed by atoms with Gasteiger partial charge in [-0.15, -0.1) is 0 Å². The highest BCUT2D eigenvalue weighted by molar-refractivity contribution is 5.28. The van der Waals surface area contributed by atoms with Gasteiger partial charge in [0.25, 0.3) is 0 Å². The molecule has 0 bridgehead atoms. The Labute approximate surface area is 173 Å². The third-order valence-electron chi connectivity index (χ3n) is 4.20. The number of imidazole rings is 2. The van der Waals surface area contributed by atoms with E-state index < -0.39 is 0 Å². The first-order valence-corrected chi connectivity index (χ1v) is 10.4. The van der Waals surface area contributed by atoms with E-state index in [9.17, 15) is 0 Å². The molecule has 0 saturated carbocycles. The van der Waals surface area contributed by atoms with E-state index in [0.29, 0.717) is 46.2 Å². The van der Waals surface area contributed by atoms with E-state index in [-0.39, 0.29) is 0 Å². The number of ether oxygens (including phenoxy) is 4. The Balaban J connectivity index is 1.51. The summed E-state index contributed by atoms with van der Waals surface area (Å²) in [5.74, 6) is 0.829. The fourth-order valence-corrected chi connectivity index (χ4v) is 2.70. The van der Waals surface area contributed by atoms with E-state index in [2.05, 4.69) is 26.4 Å². The molecule has 0 fully saturated rings. The minimum Gasteiger partial charge on any atom is -0.379 e. The molecule has 0 saturated heterocycles. The first-order chi connectivity index (χ1) is 14.3. The number of hydrogen-bond acceptors (Lipinski definition) is 6. The Kier molecular flexibility index (Phi) is 12.1. The monoisotopic (exact) mass is 410 g/mol. The van der Waals surface area contributed by atoms with Gasteiger partial charge in [0.2, 0.25) is 12.3 Å². The minimum absolute atomic E-state index is 0.580. The standard InChI is InChI=1S/C20H36N5O4/c1-3-11-26-15-16-28-13-9-25(20-21-4-5-22-20)10-14-29-18-17-27-12-8-24-7-6-23(2)19-24/h4-7,19H,3,8-18H2,1-2H3,(H,21,22)/q+1. The van der Waals surface area contributed by atoms with Gasteiger partial charge in [0, 0.05) is 32.1 Å². The Hall–Kier alpha value is -1.94. The normalized spacial score (nSPS) is 11.2. The van der Waals surface area contributed by atoms with Crippen molar-refractivity contribution < 1.29 is 23.5 Å². The third kappa shape index (κ3) is 10.4. The SMILES string of the molecule is CCCOCCOCCN(CCOCCOCCn1cc[n+](C)c1)c1ncc[nH]1. The van der Waals surface area contributed by atoms with Gasteiger partial charge in [-0.25, -0.2) is 14.1 Å². The van der Waals surface area contributed by atoms with Crippen LogP contribution in [-0.4, -0.2) is 80.5 Å². The van der Waals surface area contributed by atoms with Crippen molar-refractivity contribution in [3.63, 3.8) is 0 Å². The van der Waals surface area contributed by atoms with Crippen molar-refractivity contribution in [1.29, 1.82) is 0 Å². The molecule has 0 amide bonds. The zero-order valence-corrected chi connectivity index (χ0v) is 17.8. The van der Waals surface area contributed by atoms with E-state index in [1.54, 1.807) is 6.20 Å². The van der Waals surface area contributed by atoms with Crippen LogP contribution in [0.4, 0.5) is 5.95 Å². The maximum atomic E-state index is 5.71. The second kappa shape index (κ2) is 15.0. The zero-order valence-electron chi connectivity index (χ0n) is 17.8. The lowest BCUT2D eigenvalue weighted by Gasteiger charge is -2.21. The van der Waals surface area contributed by atoms with Gasteiger partial charge in [-0.3, -0.25) is 0 Å². The van der Waals surface area contributed by atoms with Crippen molar-refractivity contribution in [3.05, 3.63) is 31.1 Å². The number of nitrogens with one attached hydrogen (secondary N) is 1. The Morgan fingerprint density at radius 3 is 2.17 bits per heavy atom. The van der Waals surface area contributed by atoms with E-state index in [1.165, 1.54) is 0 Å². The van der Waals surface area contributed by atoms with Crippen LogP contribution in [0.1, 0.15) is 13.3 Å². The largest absolute Gasteiger partial charge is 0.379 e. The first kappa shape index (κ1) is 23.3. The van der Waals surface area contributed by atoms with Gasteiger partial charge >= 0.3 is 0 Å². The van der Waals surface area contributed by atoms with Gasteiger partial charge in [0.1, 0.15) is 18.9 Å². The van der Waals surface area contributed by atoms with Gasteiger partial charge in [-0.05, 0) is 6.42 Å². The average molecular weight is 411 g/mol. The minimum atomic E-state index is 0.580. The molecule has 2 rings (SSSR count). The van der Waals surface area contributed by atoms with Crippen LogP contribution in [-0.2, 0) is 32.5 Å². The van der Waals surface area contributed by atoms with Crippen LogP contribution in [0.2, 0.25) is 0 Å². The van der Waals surface area contributed by atoms with Crippen molar-refractivity contribution in [1.82, 2.24) is 14.5 Å². The molecule has 2 heterocycles. The molecule has 0 aliphatic carbocycles. The van der Waals surface area contributed by atoms with Gasteiger partial charge in [0.15, 0.2) is 0 Å². The van der Waals surface area contributed by atoms with Crippen LogP contribution < -0.4 is 9.47 Å². The second-order valence-corrected chi connectivity index (χ2v) is 6.67. The number of anilines is 1. The fraction of sp³-hybridized carbons (Fsp3) is 0.700. The summed E-state index contributed by atoms with van der Waals surface area (Å²) in [6.45, 7) is 9.54. The number of rotatable bonds is 18. The predicted molar refractivity (Wildman–Crippen MR) is 110 cm³/mol. The molecule has 0 unspecified atom stereocenters.